The highest BCUT2D eigenvalue weighted by Crippen LogP contribution is 2.18. The van der Waals surface area contributed by atoms with Gasteiger partial charge in [-0.15, -0.1) is 0 Å². The smallest absolute Gasteiger partial charge is 0.0657 e. The van der Waals surface area contributed by atoms with Gasteiger partial charge in [0.25, 0.3) is 0 Å². The maximum Gasteiger partial charge on any atom is 0.0657 e. The molecule has 1 heterocycles. The zero-order valence-corrected chi connectivity index (χ0v) is 6.79. The second-order valence-electron chi connectivity index (χ2n) is 1.63. The fourth-order valence-electron chi connectivity index (χ4n) is 0.478. The van der Waals surface area contributed by atoms with Crippen LogP contribution in [0, 0.1) is 3.57 Å². The Morgan fingerprint density at radius 1 is 1.22 bits per heavy atom. The topological polar surface area (TPSA) is 64.9 Å². The van der Waals surface area contributed by atoms with E-state index in [1.807, 2.05) is 0 Å². The molecule has 48 valence electrons. The first-order valence-corrected chi connectivity index (χ1v) is 3.44. The van der Waals surface area contributed by atoms with Gasteiger partial charge >= 0.3 is 0 Å². The maximum atomic E-state index is 5.47. The molecule has 0 aliphatic rings. The van der Waals surface area contributed by atoms with Gasteiger partial charge in [-0.2, -0.15) is 0 Å². The van der Waals surface area contributed by atoms with Gasteiger partial charge in [0, 0.05) is 0 Å². The fraction of sp³-hybridized carbons (Fsp3) is 0. The Labute approximate surface area is 66.6 Å². The van der Waals surface area contributed by atoms with Gasteiger partial charge in [-0.05, 0) is 22.6 Å². The Bertz CT molecular complexity index is 203. The first-order valence-electron chi connectivity index (χ1n) is 2.36. The number of nitrogens with two attached hydrogens (primary N) is 2. The molecule has 0 aliphatic carbocycles. The van der Waals surface area contributed by atoms with Gasteiger partial charge in [0.05, 0.1) is 27.3 Å². The minimum absolute atomic E-state index is 0.635. The molecule has 0 radical (unpaired) electrons. The largest absolute Gasteiger partial charge is 0.397 e. The summed E-state index contributed by atoms with van der Waals surface area (Å²) in [7, 11) is 0. The lowest BCUT2D eigenvalue weighted by Gasteiger charge is -1.98. The Morgan fingerprint density at radius 2 is 1.67 bits per heavy atom. The maximum absolute atomic E-state index is 5.47. The second kappa shape index (κ2) is 2.38. The lowest BCUT2D eigenvalue weighted by molar-refractivity contribution is 1.32. The lowest BCUT2D eigenvalue weighted by Crippen LogP contribution is -1.96. The highest BCUT2D eigenvalue weighted by atomic mass is 127. The first kappa shape index (κ1) is 6.60. The summed E-state index contributed by atoms with van der Waals surface area (Å²) in [5.74, 6) is 0. The van der Waals surface area contributed by atoms with Crippen LogP contribution in [0.25, 0.3) is 0 Å². The van der Waals surface area contributed by atoms with Crippen molar-refractivity contribution < 1.29 is 0 Å². The van der Waals surface area contributed by atoms with E-state index in [-0.39, 0.29) is 0 Å². The van der Waals surface area contributed by atoms with Crippen molar-refractivity contribution in [3.63, 3.8) is 0 Å². The van der Waals surface area contributed by atoms with Gasteiger partial charge in [0.1, 0.15) is 0 Å². The van der Waals surface area contributed by atoms with Crippen LogP contribution in [0.2, 0.25) is 0 Å². The molecule has 9 heavy (non-hydrogen) atoms. The summed E-state index contributed by atoms with van der Waals surface area (Å²) in [5, 5.41) is 0. The third-order valence-corrected chi connectivity index (χ3v) is 2.18. The molecule has 1 rings (SSSR count). The fourth-order valence-corrected chi connectivity index (χ4v) is 0.756. The Hall–Kier alpha value is -0.520. The van der Waals surface area contributed by atoms with Crippen LogP contribution < -0.4 is 11.5 Å². The number of halogens is 1. The van der Waals surface area contributed by atoms with Crippen LogP contribution in [0.5, 0.6) is 0 Å². The van der Waals surface area contributed by atoms with Crippen LogP contribution in [0.1, 0.15) is 0 Å². The summed E-state index contributed by atoms with van der Waals surface area (Å²) in [5.41, 5.74) is 12.2. The number of anilines is 2. The summed E-state index contributed by atoms with van der Waals surface area (Å²) in [4.78, 5) is 3.79. The van der Waals surface area contributed by atoms with E-state index in [2.05, 4.69) is 27.6 Å². The molecule has 0 aromatic carbocycles. The monoisotopic (exact) mass is 235 g/mol. The van der Waals surface area contributed by atoms with Crippen molar-refractivity contribution in [2.24, 2.45) is 0 Å². The summed E-state index contributed by atoms with van der Waals surface area (Å²) >= 11 is 2.08. The van der Waals surface area contributed by atoms with Gasteiger partial charge in [0.15, 0.2) is 0 Å². The van der Waals surface area contributed by atoms with Gasteiger partial charge in [0.2, 0.25) is 0 Å². The van der Waals surface area contributed by atoms with E-state index in [0.29, 0.717) is 11.4 Å². The number of hydrogen-bond donors (Lipinski definition) is 2. The standard InChI is InChI=1S/C5H6IN3/c6-5-3(7)1-9-2-4(5)8/h1-2H,7-8H2. The SMILES string of the molecule is Nc1cncc(N)c1I. The van der Waals surface area contributed by atoms with Crippen molar-refractivity contribution in [3.8, 4) is 0 Å². The number of aromatic nitrogens is 1. The molecule has 1 aromatic heterocycles. The van der Waals surface area contributed by atoms with E-state index in [1.165, 1.54) is 0 Å². The van der Waals surface area contributed by atoms with Crippen LogP contribution in [0.4, 0.5) is 11.4 Å². The molecule has 1 aromatic rings. The van der Waals surface area contributed by atoms with Crippen LogP contribution in [0.3, 0.4) is 0 Å². The molecule has 0 saturated carbocycles. The highest BCUT2D eigenvalue weighted by Gasteiger charge is 1.96. The van der Waals surface area contributed by atoms with E-state index in [1.54, 1.807) is 12.4 Å². The predicted molar refractivity (Wildman–Crippen MR) is 45.8 cm³/mol. The van der Waals surface area contributed by atoms with E-state index in [9.17, 15) is 0 Å². The third kappa shape index (κ3) is 1.24. The average Bonchev–Trinajstić information content (AvgIpc) is 1.83. The molecule has 0 bridgehead atoms. The quantitative estimate of drug-likeness (QED) is 0.655. The van der Waals surface area contributed by atoms with E-state index < -0.39 is 0 Å². The van der Waals surface area contributed by atoms with E-state index >= 15 is 0 Å². The van der Waals surface area contributed by atoms with Crippen LogP contribution in [-0.4, -0.2) is 4.98 Å². The third-order valence-electron chi connectivity index (χ3n) is 0.934. The molecular weight excluding hydrogens is 229 g/mol. The Kier molecular flexibility index (Phi) is 1.75. The minimum Gasteiger partial charge on any atom is -0.397 e. The summed E-state index contributed by atoms with van der Waals surface area (Å²) in [6.07, 6.45) is 3.16. The Morgan fingerprint density at radius 3 is 2.00 bits per heavy atom. The second-order valence-corrected chi connectivity index (χ2v) is 2.71. The molecule has 3 nitrogen and oxygen atoms in total. The van der Waals surface area contributed by atoms with Gasteiger partial charge in [-0.1, -0.05) is 0 Å². The number of nitrogens with zero attached hydrogens (tertiary/aromatic N) is 1. The molecule has 4 heteroatoms. The Balaban J connectivity index is 3.25. The molecule has 0 unspecified atom stereocenters. The van der Waals surface area contributed by atoms with Crippen molar-refractivity contribution in [3.05, 3.63) is 16.0 Å². The number of rotatable bonds is 0. The average molecular weight is 235 g/mol. The van der Waals surface area contributed by atoms with Crippen molar-refractivity contribution in [2.75, 3.05) is 11.5 Å². The molecule has 0 fully saturated rings. The van der Waals surface area contributed by atoms with Gasteiger partial charge in [-0.25, -0.2) is 0 Å². The van der Waals surface area contributed by atoms with Crippen LogP contribution in [0.15, 0.2) is 12.4 Å². The normalized spacial score (nSPS) is 9.44. The molecule has 4 N–H and O–H groups in total. The van der Waals surface area contributed by atoms with Crippen LogP contribution >= 0.6 is 22.6 Å². The first-order chi connectivity index (χ1) is 4.22. The summed E-state index contributed by atoms with van der Waals surface area (Å²) < 4.78 is 0.877. The van der Waals surface area contributed by atoms with Crippen molar-refractivity contribution in [1.29, 1.82) is 0 Å². The van der Waals surface area contributed by atoms with Gasteiger partial charge < -0.3 is 11.5 Å². The van der Waals surface area contributed by atoms with E-state index in [4.69, 9.17) is 11.5 Å². The van der Waals surface area contributed by atoms with E-state index in [0.717, 1.165) is 3.57 Å². The van der Waals surface area contributed by atoms with Crippen molar-refractivity contribution in [1.82, 2.24) is 4.98 Å². The molecule has 0 amide bonds. The van der Waals surface area contributed by atoms with Gasteiger partial charge in [-0.3, -0.25) is 4.98 Å². The highest BCUT2D eigenvalue weighted by molar-refractivity contribution is 14.1. The zero-order chi connectivity index (χ0) is 6.85. The lowest BCUT2D eigenvalue weighted by atomic mass is 10.4. The number of hydrogen-bond acceptors (Lipinski definition) is 3. The molecule has 0 saturated heterocycles. The number of pyridine rings is 1. The zero-order valence-electron chi connectivity index (χ0n) is 4.63. The molecule has 0 aliphatic heterocycles. The summed E-state index contributed by atoms with van der Waals surface area (Å²) in [6, 6.07) is 0. The van der Waals surface area contributed by atoms with Crippen molar-refractivity contribution >= 4 is 34.0 Å². The molecule has 0 spiro atoms. The predicted octanol–water partition coefficient (Wildman–Crippen LogP) is 0.851. The minimum atomic E-state index is 0.635. The molecular formula is C5H6IN3. The summed E-state index contributed by atoms with van der Waals surface area (Å²) in [6.45, 7) is 0. The number of nitrogen functional groups attached to an aromatic ring is 2. The van der Waals surface area contributed by atoms with Crippen LogP contribution in [-0.2, 0) is 0 Å². The molecule has 0 atom stereocenters. The van der Waals surface area contributed by atoms with Crippen molar-refractivity contribution in [2.45, 2.75) is 0 Å².